The van der Waals surface area contributed by atoms with Crippen LogP contribution in [0.4, 0.5) is 5.69 Å². The molecule has 2 heteroatoms. The van der Waals surface area contributed by atoms with Crippen LogP contribution in [0.15, 0.2) is 40.9 Å². The quantitative estimate of drug-likeness (QED) is 0.728. The first kappa shape index (κ1) is 13.9. The lowest BCUT2D eigenvalue weighted by Crippen LogP contribution is -2.35. The van der Waals surface area contributed by atoms with Gasteiger partial charge in [0.15, 0.2) is 0 Å². The molecule has 0 aromatic heterocycles. The third-order valence-electron chi connectivity index (χ3n) is 4.92. The van der Waals surface area contributed by atoms with Gasteiger partial charge in [-0.1, -0.05) is 66.9 Å². The van der Waals surface area contributed by atoms with Gasteiger partial charge >= 0.3 is 0 Å². The van der Waals surface area contributed by atoms with Crippen LogP contribution in [0, 0.1) is 11.8 Å². The molecule has 1 fully saturated rings. The molecule has 0 radical (unpaired) electrons. The molecular formula is C18H22BrN. The summed E-state index contributed by atoms with van der Waals surface area (Å²) in [5, 5.41) is 6.41. The van der Waals surface area contributed by atoms with E-state index in [-0.39, 0.29) is 0 Å². The fourth-order valence-corrected chi connectivity index (χ4v) is 3.85. The topological polar surface area (TPSA) is 12.0 Å². The summed E-state index contributed by atoms with van der Waals surface area (Å²) in [6.45, 7) is 4.78. The fourth-order valence-electron chi connectivity index (χ4n) is 3.37. The lowest BCUT2D eigenvalue weighted by atomic mass is 9.78. The molecule has 0 saturated heterocycles. The Hall–Kier alpha value is -1.02. The van der Waals surface area contributed by atoms with Gasteiger partial charge in [0.2, 0.25) is 0 Å². The Bertz CT molecular complexity index is 607. The van der Waals surface area contributed by atoms with E-state index in [2.05, 4.69) is 71.5 Å². The van der Waals surface area contributed by atoms with E-state index in [0.717, 1.165) is 11.8 Å². The zero-order valence-corrected chi connectivity index (χ0v) is 13.8. The van der Waals surface area contributed by atoms with Gasteiger partial charge in [0.05, 0.1) is 0 Å². The molecular weight excluding hydrogens is 310 g/mol. The minimum Gasteiger partial charge on any atom is -0.382 e. The van der Waals surface area contributed by atoms with Crippen LogP contribution in [0.1, 0.15) is 33.1 Å². The van der Waals surface area contributed by atoms with Crippen molar-refractivity contribution in [3.8, 4) is 0 Å². The van der Waals surface area contributed by atoms with Crippen LogP contribution in [-0.4, -0.2) is 6.04 Å². The minimum atomic E-state index is 0.600. The molecule has 0 spiro atoms. The molecule has 0 bridgehead atoms. The van der Waals surface area contributed by atoms with Crippen molar-refractivity contribution in [3.63, 3.8) is 0 Å². The number of hydrogen-bond acceptors (Lipinski definition) is 1. The van der Waals surface area contributed by atoms with Gasteiger partial charge in [-0.05, 0) is 35.8 Å². The Morgan fingerprint density at radius 2 is 1.75 bits per heavy atom. The second-order valence-electron chi connectivity index (χ2n) is 6.16. The highest BCUT2D eigenvalue weighted by Gasteiger charge is 2.27. The molecule has 106 valence electrons. The van der Waals surface area contributed by atoms with Crippen LogP contribution in [-0.2, 0) is 0 Å². The van der Waals surface area contributed by atoms with E-state index in [4.69, 9.17) is 0 Å². The molecule has 2 aromatic rings. The van der Waals surface area contributed by atoms with E-state index in [0.29, 0.717) is 6.04 Å². The standard InChI is InChI=1S/C18H22BrN/c1-12-6-5-9-17(13(12)2)20-18-11-10-16(19)14-7-3-4-8-15(14)18/h3-4,7-8,10-13,17,20H,5-6,9H2,1-2H3. The van der Waals surface area contributed by atoms with Crippen molar-refractivity contribution in [3.05, 3.63) is 40.9 Å². The first-order valence-corrected chi connectivity index (χ1v) is 8.40. The summed E-state index contributed by atoms with van der Waals surface area (Å²) in [7, 11) is 0. The molecule has 1 saturated carbocycles. The van der Waals surface area contributed by atoms with E-state index in [9.17, 15) is 0 Å². The second-order valence-corrected chi connectivity index (χ2v) is 7.01. The summed E-state index contributed by atoms with van der Waals surface area (Å²) in [4.78, 5) is 0. The van der Waals surface area contributed by atoms with Gasteiger partial charge in [0.1, 0.15) is 0 Å². The van der Waals surface area contributed by atoms with Crippen molar-refractivity contribution in [2.24, 2.45) is 11.8 Å². The Balaban J connectivity index is 1.93. The number of nitrogens with one attached hydrogen (secondary N) is 1. The average Bonchev–Trinajstić information content (AvgIpc) is 2.47. The molecule has 3 atom stereocenters. The van der Waals surface area contributed by atoms with Crippen molar-refractivity contribution in [2.75, 3.05) is 5.32 Å². The van der Waals surface area contributed by atoms with E-state index in [1.165, 1.54) is 40.2 Å². The van der Waals surface area contributed by atoms with E-state index in [1.54, 1.807) is 0 Å². The monoisotopic (exact) mass is 331 g/mol. The smallest absolute Gasteiger partial charge is 0.0422 e. The van der Waals surface area contributed by atoms with Gasteiger partial charge in [-0.15, -0.1) is 0 Å². The summed E-state index contributed by atoms with van der Waals surface area (Å²) in [5.74, 6) is 1.56. The van der Waals surface area contributed by atoms with E-state index < -0.39 is 0 Å². The minimum absolute atomic E-state index is 0.600. The lowest BCUT2D eigenvalue weighted by Gasteiger charge is -2.35. The Morgan fingerprint density at radius 3 is 2.55 bits per heavy atom. The Kier molecular flexibility index (Phi) is 4.02. The maximum absolute atomic E-state index is 3.81. The second kappa shape index (κ2) is 5.77. The molecule has 1 N–H and O–H groups in total. The summed E-state index contributed by atoms with van der Waals surface area (Å²) in [5.41, 5.74) is 1.27. The molecule has 1 aliphatic carbocycles. The lowest BCUT2D eigenvalue weighted by molar-refractivity contribution is 0.253. The summed E-state index contributed by atoms with van der Waals surface area (Å²) >= 11 is 3.65. The van der Waals surface area contributed by atoms with Crippen molar-refractivity contribution in [2.45, 2.75) is 39.2 Å². The summed E-state index contributed by atoms with van der Waals surface area (Å²) in [6, 6.07) is 13.6. The third kappa shape index (κ3) is 2.58. The summed E-state index contributed by atoms with van der Waals surface area (Å²) < 4.78 is 1.17. The van der Waals surface area contributed by atoms with Crippen LogP contribution in [0.2, 0.25) is 0 Å². The number of fused-ring (bicyclic) bond motifs is 1. The van der Waals surface area contributed by atoms with Gasteiger partial charge < -0.3 is 5.32 Å². The molecule has 0 aliphatic heterocycles. The first-order chi connectivity index (χ1) is 9.66. The zero-order valence-electron chi connectivity index (χ0n) is 12.2. The van der Waals surface area contributed by atoms with Crippen LogP contribution in [0.3, 0.4) is 0 Å². The van der Waals surface area contributed by atoms with Gasteiger partial charge in [0.25, 0.3) is 0 Å². The van der Waals surface area contributed by atoms with Crippen LogP contribution < -0.4 is 5.32 Å². The summed E-state index contributed by atoms with van der Waals surface area (Å²) in [6.07, 6.45) is 4.01. The van der Waals surface area contributed by atoms with Crippen LogP contribution in [0.5, 0.6) is 0 Å². The SMILES string of the molecule is CC1CCCC(Nc2ccc(Br)c3ccccc23)C1C. The van der Waals surface area contributed by atoms with Crippen molar-refractivity contribution < 1.29 is 0 Å². The maximum atomic E-state index is 3.81. The van der Waals surface area contributed by atoms with Crippen molar-refractivity contribution in [1.82, 2.24) is 0 Å². The highest BCUT2D eigenvalue weighted by molar-refractivity contribution is 9.10. The van der Waals surface area contributed by atoms with Crippen LogP contribution in [0.25, 0.3) is 10.8 Å². The molecule has 3 rings (SSSR count). The number of benzene rings is 2. The van der Waals surface area contributed by atoms with Crippen molar-refractivity contribution >= 4 is 32.4 Å². The van der Waals surface area contributed by atoms with E-state index >= 15 is 0 Å². The molecule has 1 nitrogen and oxygen atoms in total. The van der Waals surface area contributed by atoms with Crippen molar-refractivity contribution in [1.29, 1.82) is 0 Å². The van der Waals surface area contributed by atoms with Gasteiger partial charge in [-0.25, -0.2) is 0 Å². The first-order valence-electron chi connectivity index (χ1n) is 7.60. The molecule has 2 aromatic carbocycles. The highest BCUT2D eigenvalue weighted by atomic mass is 79.9. The molecule has 20 heavy (non-hydrogen) atoms. The number of halogens is 1. The predicted molar refractivity (Wildman–Crippen MR) is 91.2 cm³/mol. The normalized spacial score (nSPS) is 26.6. The Morgan fingerprint density at radius 1 is 1.00 bits per heavy atom. The highest BCUT2D eigenvalue weighted by Crippen LogP contribution is 2.35. The Labute approximate surface area is 129 Å². The van der Waals surface area contributed by atoms with Gasteiger partial charge in [0, 0.05) is 21.6 Å². The van der Waals surface area contributed by atoms with Gasteiger partial charge in [-0.2, -0.15) is 0 Å². The predicted octanol–water partition coefficient (Wildman–Crippen LogP) is 5.84. The zero-order chi connectivity index (χ0) is 14.1. The average molecular weight is 332 g/mol. The fraction of sp³-hybridized carbons (Fsp3) is 0.444. The number of hydrogen-bond donors (Lipinski definition) is 1. The molecule has 0 heterocycles. The third-order valence-corrected chi connectivity index (χ3v) is 5.61. The maximum Gasteiger partial charge on any atom is 0.0422 e. The number of rotatable bonds is 2. The molecule has 3 unspecified atom stereocenters. The molecule has 1 aliphatic rings. The van der Waals surface area contributed by atoms with Gasteiger partial charge in [-0.3, -0.25) is 0 Å². The number of anilines is 1. The van der Waals surface area contributed by atoms with Crippen LogP contribution >= 0.6 is 15.9 Å². The largest absolute Gasteiger partial charge is 0.382 e. The van der Waals surface area contributed by atoms with E-state index in [1.807, 2.05) is 0 Å². The molecule has 0 amide bonds.